The molecule has 7 heteroatoms. The van der Waals surface area contributed by atoms with Crippen molar-refractivity contribution in [3.63, 3.8) is 0 Å². The van der Waals surface area contributed by atoms with Gasteiger partial charge in [0.15, 0.2) is 5.60 Å². The van der Waals surface area contributed by atoms with E-state index in [1.54, 1.807) is 6.92 Å². The van der Waals surface area contributed by atoms with E-state index in [-0.39, 0.29) is 17.7 Å². The number of primary amides is 1. The number of amides is 2. The molecule has 4 N–H and O–H groups in total. The largest absolute Gasteiger partial charge is 0.462 e. The molecule has 2 rings (SSSR count). The fourth-order valence-electron chi connectivity index (χ4n) is 2.43. The Hall–Kier alpha value is -2.41. The van der Waals surface area contributed by atoms with Crippen LogP contribution in [0.15, 0.2) is 18.2 Å². The number of esters is 1. The van der Waals surface area contributed by atoms with E-state index in [0.29, 0.717) is 5.69 Å². The normalized spacial score (nSPS) is 20.3. The molecular weight excluding hydrogens is 288 g/mol. The molecule has 2 amide bonds. The second kappa shape index (κ2) is 5.10. The summed E-state index contributed by atoms with van der Waals surface area (Å²) in [6.07, 6.45) is 0. The van der Waals surface area contributed by atoms with Crippen LogP contribution in [0.5, 0.6) is 0 Å². The molecule has 0 aliphatic carbocycles. The van der Waals surface area contributed by atoms with Crippen molar-refractivity contribution in [2.45, 2.75) is 26.4 Å². The van der Waals surface area contributed by atoms with Gasteiger partial charge in [0.05, 0.1) is 17.6 Å². The number of hydrogen-bond donors (Lipinski definition) is 3. The highest BCUT2D eigenvalue weighted by Gasteiger charge is 2.58. The summed E-state index contributed by atoms with van der Waals surface area (Å²) in [6.45, 7) is 4.62. The lowest BCUT2D eigenvalue weighted by atomic mass is 9.70. The van der Waals surface area contributed by atoms with Crippen LogP contribution in [0.4, 0.5) is 5.69 Å². The van der Waals surface area contributed by atoms with Crippen LogP contribution in [0.25, 0.3) is 0 Å². The van der Waals surface area contributed by atoms with Gasteiger partial charge in [-0.15, -0.1) is 0 Å². The van der Waals surface area contributed by atoms with E-state index in [1.165, 1.54) is 32.0 Å². The molecule has 0 spiro atoms. The third-order valence-corrected chi connectivity index (χ3v) is 4.02. The number of rotatable bonds is 4. The highest BCUT2D eigenvalue weighted by Crippen LogP contribution is 2.47. The number of ether oxygens (including phenoxy) is 1. The standard InChI is InChI=1S/C15H18N2O5/c1-4-22-11(18)8-5-6-10-9(7-8)15(21,13(20)17-10)14(2,3)12(16)19/h5-7,21H,4H2,1-3H3,(H2,16,19)(H,17,20). The van der Waals surface area contributed by atoms with Crippen molar-refractivity contribution >= 4 is 23.5 Å². The zero-order valence-corrected chi connectivity index (χ0v) is 12.6. The molecule has 118 valence electrons. The van der Waals surface area contributed by atoms with E-state index in [0.717, 1.165) is 0 Å². The second-order valence-electron chi connectivity index (χ2n) is 5.63. The monoisotopic (exact) mass is 306 g/mol. The van der Waals surface area contributed by atoms with Crippen LogP contribution in [0.1, 0.15) is 36.7 Å². The lowest BCUT2D eigenvalue weighted by Gasteiger charge is -2.35. The van der Waals surface area contributed by atoms with Gasteiger partial charge in [-0.3, -0.25) is 9.59 Å². The SMILES string of the molecule is CCOC(=O)c1ccc2c(c1)C(O)(C(C)(C)C(N)=O)C(=O)N2. The molecule has 0 saturated heterocycles. The molecule has 7 nitrogen and oxygen atoms in total. The fourth-order valence-corrected chi connectivity index (χ4v) is 2.43. The average molecular weight is 306 g/mol. The van der Waals surface area contributed by atoms with Gasteiger partial charge in [0.1, 0.15) is 0 Å². The molecule has 1 heterocycles. The molecule has 1 aromatic carbocycles. The predicted octanol–water partition coefficient (Wildman–Crippen LogP) is 0.515. The van der Waals surface area contributed by atoms with Crippen molar-refractivity contribution in [1.29, 1.82) is 0 Å². The van der Waals surface area contributed by atoms with Crippen LogP contribution in [0, 0.1) is 5.41 Å². The van der Waals surface area contributed by atoms with Crippen LogP contribution in [0.3, 0.4) is 0 Å². The van der Waals surface area contributed by atoms with Gasteiger partial charge >= 0.3 is 5.97 Å². The summed E-state index contributed by atoms with van der Waals surface area (Å²) in [5, 5.41) is 13.4. The third kappa shape index (κ3) is 2.05. The molecule has 1 aliphatic heterocycles. The molecule has 0 aromatic heterocycles. The van der Waals surface area contributed by atoms with Gasteiger partial charge in [0.25, 0.3) is 5.91 Å². The van der Waals surface area contributed by atoms with Crippen molar-refractivity contribution in [1.82, 2.24) is 0 Å². The number of carbonyl (C=O) groups excluding carboxylic acids is 3. The lowest BCUT2D eigenvalue weighted by molar-refractivity contribution is -0.158. The van der Waals surface area contributed by atoms with Gasteiger partial charge in [-0.05, 0) is 39.0 Å². The highest BCUT2D eigenvalue weighted by molar-refractivity contribution is 6.09. The Morgan fingerprint density at radius 1 is 1.41 bits per heavy atom. The Kier molecular flexibility index (Phi) is 3.70. The van der Waals surface area contributed by atoms with Gasteiger partial charge < -0.3 is 20.9 Å². The average Bonchev–Trinajstić information content (AvgIpc) is 2.71. The zero-order chi connectivity index (χ0) is 16.7. The smallest absolute Gasteiger partial charge is 0.338 e. The van der Waals surface area contributed by atoms with Crippen molar-refractivity contribution in [2.24, 2.45) is 11.1 Å². The van der Waals surface area contributed by atoms with Gasteiger partial charge in [-0.25, -0.2) is 4.79 Å². The van der Waals surface area contributed by atoms with Crippen LogP contribution < -0.4 is 11.1 Å². The third-order valence-electron chi connectivity index (χ3n) is 4.02. The van der Waals surface area contributed by atoms with Crippen LogP contribution in [0.2, 0.25) is 0 Å². The number of anilines is 1. The number of nitrogens with two attached hydrogens (primary N) is 1. The molecule has 22 heavy (non-hydrogen) atoms. The maximum Gasteiger partial charge on any atom is 0.338 e. The van der Waals surface area contributed by atoms with Crippen LogP contribution in [-0.2, 0) is 19.9 Å². The van der Waals surface area contributed by atoms with E-state index in [1.807, 2.05) is 0 Å². The Balaban J connectivity index is 2.60. The summed E-state index contributed by atoms with van der Waals surface area (Å²) in [7, 11) is 0. The maximum absolute atomic E-state index is 12.2. The van der Waals surface area contributed by atoms with Gasteiger partial charge in [0.2, 0.25) is 5.91 Å². The first-order valence-electron chi connectivity index (χ1n) is 6.81. The molecule has 0 bridgehead atoms. The lowest BCUT2D eigenvalue weighted by Crippen LogP contribution is -2.54. The summed E-state index contributed by atoms with van der Waals surface area (Å²) in [4.78, 5) is 35.7. The maximum atomic E-state index is 12.2. The summed E-state index contributed by atoms with van der Waals surface area (Å²) >= 11 is 0. The van der Waals surface area contributed by atoms with E-state index >= 15 is 0 Å². The highest BCUT2D eigenvalue weighted by atomic mass is 16.5. The topological polar surface area (TPSA) is 119 Å². The first kappa shape index (κ1) is 16.0. The summed E-state index contributed by atoms with van der Waals surface area (Å²) < 4.78 is 4.90. The van der Waals surface area contributed by atoms with Crippen LogP contribution >= 0.6 is 0 Å². The molecule has 1 atom stereocenters. The Bertz CT molecular complexity index is 668. The Morgan fingerprint density at radius 3 is 2.59 bits per heavy atom. The van der Waals surface area contributed by atoms with Gasteiger partial charge in [-0.1, -0.05) is 0 Å². The summed E-state index contributed by atoms with van der Waals surface area (Å²) in [6, 6.07) is 4.30. The molecule has 1 aliphatic rings. The van der Waals surface area contributed by atoms with Gasteiger partial charge in [-0.2, -0.15) is 0 Å². The molecule has 0 fully saturated rings. The number of carbonyl (C=O) groups is 3. The fraction of sp³-hybridized carbons (Fsp3) is 0.400. The Morgan fingerprint density at radius 2 is 2.05 bits per heavy atom. The second-order valence-corrected chi connectivity index (χ2v) is 5.63. The van der Waals surface area contributed by atoms with Crippen molar-refractivity contribution in [3.8, 4) is 0 Å². The minimum absolute atomic E-state index is 0.131. The first-order valence-corrected chi connectivity index (χ1v) is 6.81. The zero-order valence-electron chi connectivity index (χ0n) is 12.6. The quantitative estimate of drug-likeness (QED) is 0.700. The summed E-state index contributed by atoms with van der Waals surface area (Å²) in [5.74, 6) is -2.17. The van der Waals surface area contributed by atoms with Crippen molar-refractivity contribution in [3.05, 3.63) is 29.3 Å². The Labute approximate surface area is 127 Å². The number of hydrogen-bond acceptors (Lipinski definition) is 5. The molecular formula is C15H18N2O5. The van der Waals surface area contributed by atoms with Crippen LogP contribution in [-0.4, -0.2) is 29.5 Å². The minimum Gasteiger partial charge on any atom is -0.462 e. The van der Waals surface area contributed by atoms with E-state index in [2.05, 4.69) is 5.32 Å². The molecule has 0 saturated carbocycles. The number of fused-ring (bicyclic) bond motifs is 1. The van der Waals surface area contributed by atoms with E-state index in [4.69, 9.17) is 10.5 Å². The molecule has 0 radical (unpaired) electrons. The number of nitrogens with one attached hydrogen (secondary N) is 1. The van der Waals surface area contributed by atoms with Crippen molar-refractivity contribution in [2.75, 3.05) is 11.9 Å². The van der Waals surface area contributed by atoms with Crippen molar-refractivity contribution < 1.29 is 24.2 Å². The summed E-state index contributed by atoms with van der Waals surface area (Å²) in [5.41, 5.74) is 2.25. The minimum atomic E-state index is -2.16. The first-order chi connectivity index (χ1) is 10.2. The number of aliphatic hydroxyl groups is 1. The number of benzene rings is 1. The van der Waals surface area contributed by atoms with E-state index < -0.39 is 28.8 Å². The molecule has 1 aromatic rings. The van der Waals surface area contributed by atoms with Gasteiger partial charge in [0, 0.05) is 11.3 Å². The van der Waals surface area contributed by atoms with E-state index in [9.17, 15) is 19.5 Å². The molecule has 1 unspecified atom stereocenters. The predicted molar refractivity (Wildman–Crippen MR) is 77.9 cm³/mol.